The van der Waals surface area contributed by atoms with Crippen LogP contribution >= 0.6 is 0 Å². The first-order chi connectivity index (χ1) is 9.59. The van der Waals surface area contributed by atoms with Crippen LogP contribution in [0.4, 0.5) is 0 Å². The SMILES string of the molecule is COc1ncc(B2OCC(C)(C)CO2)cc1C1CCC1. The summed E-state index contributed by atoms with van der Waals surface area (Å²) in [4.78, 5) is 4.43. The fraction of sp³-hybridized carbons (Fsp3) is 0.667. The number of methoxy groups -OCH3 is 1. The van der Waals surface area contributed by atoms with Crippen LogP contribution in [-0.2, 0) is 9.31 Å². The van der Waals surface area contributed by atoms with E-state index in [1.807, 2.05) is 6.20 Å². The van der Waals surface area contributed by atoms with Gasteiger partial charge in [0.05, 0.1) is 7.11 Å². The number of hydrogen-bond donors (Lipinski definition) is 0. The van der Waals surface area contributed by atoms with Crippen molar-refractivity contribution in [1.29, 1.82) is 0 Å². The molecule has 1 aromatic heterocycles. The minimum atomic E-state index is -0.291. The lowest BCUT2D eigenvalue weighted by Gasteiger charge is -2.33. The van der Waals surface area contributed by atoms with Crippen molar-refractivity contribution < 1.29 is 14.0 Å². The van der Waals surface area contributed by atoms with E-state index in [0.29, 0.717) is 19.1 Å². The van der Waals surface area contributed by atoms with Gasteiger partial charge in [-0.05, 0) is 18.8 Å². The molecule has 2 aliphatic rings. The van der Waals surface area contributed by atoms with Crippen molar-refractivity contribution in [2.24, 2.45) is 5.41 Å². The second-order valence-corrected chi connectivity index (χ2v) is 6.61. The molecule has 108 valence electrons. The van der Waals surface area contributed by atoms with Gasteiger partial charge in [0.1, 0.15) is 0 Å². The van der Waals surface area contributed by atoms with E-state index in [-0.39, 0.29) is 12.5 Å². The van der Waals surface area contributed by atoms with E-state index in [4.69, 9.17) is 14.0 Å². The number of aromatic nitrogens is 1. The molecule has 5 heteroatoms. The second kappa shape index (κ2) is 5.37. The normalized spacial score (nSPS) is 22.4. The van der Waals surface area contributed by atoms with Crippen LogP contribution in [0, 0.1) is 5.41 Å². The van der Waals surface area contributed by atoms with Crippen LogP contribution < -0.4 is 10.2 Å². The standard InChI is InChI=1S/C15H22BNO3/c1-15(2)9-19-16(20-10-15)12-7-13(11-5-4-6-11)14(18-3)17-8-12/h7-8,11H,4-6,9-10H2,1-3H3. The molecule has 2 fully saturated rings. The molecular weight excluding hydrogens is 253 g/mol. The van der Waals surface area contributed by atoms with Gasteiger partial charge in [0, 0.05) is 35.9 Å². The Hall–Kier alpha value is -1.07. The fourth-order valence-corrected chi connectivity index (χ4v) is 2.68. The summed E-state index contributed by atoms with van der Waals surface area (Å²) in [5.41, 5.74) is 2.30. The Morgan fingerprint density at radius 2 is 2.00 bits per heavy atom. The Labute approximate surface area is 121 Å². The number of ether oxygens (including phenoxy) is 1. The molecule has 0 amide bonds. The molecule has 1 saturated heterocycles. The average molecular weight is 275 g/mol. The van der Waals surface area contributed by atoms with Crippen LogP contribution in [-0.4, -0.2) is 32.4 Å². The van der Waals surface area contributed by atoms with Gasteiger partial charge in [-0.3, -0.25) is 0 Å². The Kier molecular flexibility index (Phi) is 3.73. The lowest BCUT2D eigenvalue weighted by molar-refractivity contribution is 0.0342. The van der Waals surface area contributed by atoms with Crippen LogP contribution in [0.1, 0.15) is 44.6 Å². The predicted molar refractivity (Wildman–Crippen MR) is 78.5 cm³/mol. The summed E-state index contributed by atoms with van der Waals surface area (Å²) >= 11 is 0. The number of nitrogens with zero attached hydrogens (tertiary/aromatic N) is 1. The molecule has 2 heterocycles. The monoisotopic (exact) mass is 275 g/mol. The second-order valence-electron chi connectivity index (χ2n) is 6.61. The molecule has 0 spiro atoms. The van der Waals surface area contributed by atoms with E-state index in [1.165, 1.54) is 24.8 Å². The fourth-order valence-electron chi connectivity index (χ4n) is 2.68. The average Bonchev–Trinajstić information content (AvgIpc) is 2.37. The Morgan fingerprint density at radius 3 is 2.55 bits per heavy atom. The first-order valence-corrected chi connectivity index (χ1v) is 7.36. The number of rotatable bonds is 3. The highest BCUT2D eigenvalue weighted by molar-refractivity contribution is 6.61. The van der Waals surface area contributed by atoms with Crippen molar-refractivity contribution in [3.63, 3.8) is 0 Å². The van der Waals surface area contributed by atoms with E-state index in [9.17, 15) is 0 Å². The zero-order valence-corrected chi connectivity index (χ0v) is 12.5. The molecule has 0 unspecified atom stereocenters. The van der Waals surface area contributed by atoms with Crippen LogP contribution in [0.5, 0.6) is 5.88 Å². The molecule has 0 radical (unpaired) electrons. The van der Waals surface area contributed by atoms with Gasteiger partial charge in [0.2, 0.25) is 5.88 Å². The molecule has 0 aromatic carbocycles. The number of pyridine rings is 1. The molecule has 1 aromatic rings. The summed E-state index contributed by atoms with van der Waals surface area (Å²) < 4.78 is 17.1. The van der Waals surface area contributed by atoms with Gasteiger partial charge < -0.3 is 14.0 Å². The molecule has 1 saturated carbocycles. The van der Waals surface area contributed by atoms with E-state index in [1.54, 1.807) is 7.11 Å². The minimum Gasteiger partial charge on any atom is -0.481 e. The molecule has 1 aliphatic heterocycles. The van der Waals surface area contributed by atoms with Crippen molar-refractivity contribution >= 4 is 12.6 Å². The maximum atomic E-state index is 5.84. The van der Waals surface area contributed by atoms with Crippen LogP contribution in [0.25, 0.3) is 0 Å². The number of hydrogen-bond acceptors (Lipinski definition) is 4. The molecule has 4 nitrogen and oxygen atoms in total. The Balaban J connectivity index is 1.80. The van der Waals surface area contributed by atoms with Gasteiger partial charge in [-0.25, -0.2) is 4.98 Å². The van der Waals surface area contributed by atoms with E-state index in [0.717, 1.165) is 11.3 Å². The van der Waals surface area contributed by atoms with Crippen molar-refractivity contribution in [2.75, 3.05) is 20.3 Å². The smallest absolute Gasteiger partial charge is 0.481 e. The third-order valence-electron chi connectivity index (χ3n) is 4.16. The first kappa shape index (κ1) is 13.9. The lowest BCUT2D eigenvalue weighted by atomic mass is 9.73. The summed E-state index contributed by atoms with van der Waals surface area (Å²) in [7, 11) is 1.39. The largest absolute Gasteiger partial charge is 0.495 e. The molecule has 1 aliphatic carbocycles. The molecule has 0 atom stereocenters. The molecule has 0 N–H and O–H groups in total. The van der Waals surface area contributed by atoms with Crippen LogP contribution in [0.15, 0.2) is 12.3 Å². The summed E-state index contributed by atoms with van der Waals surface area (Å²) in [5, 5.41) is 0. The van der Waals surface area contributed by atoms with Gasteiger partial charge in [0.25, 0.3) is 0 Å². The van der Waals surface area contributed by atoms with Crippen molar-refractivity contribution in [2.45, 2.75) is 39.0 Å². The highest BCUT2D eigenvalue weighted by Gasteiger charge is 2.35. The van der Waals surface area contributed by atoms with Crippen LogP contribution in [0.2, 0.25) is 0 Å². The van der Waals surface area contributed by atoms with Gasteiger partial charge in [0.15, 0.2) is 0 Å². The topological polar surface area (TPSA) is 40.6 Å². The highest BCUT2D eigenvalue weighted by atomic mass is 16.6. The predicted octanol–water partition coefficient (Wildman–Crippen LogP) is 2.13. The van der Waals surface area contributed by atoms with Gasteiger partial charge >= 0.3 is 7.12 Å². The first-order valence-electron chi connectivity index (χ1n) is 7.36. The third-order valence-corrected chi connectivity index (χ3v) is 4.16. The lowest BCUT2D eigenvalue weighted by Crippen LogP contribution is -2.47. The minimum absolute atomic E-state index is 0.0905. The highest BCUT2D eigenvalue weighted by Crippen LogP contribution is 2.39. The zero-order valence-electron chi connectivity index (χ0n) is 12.5. The van der Waals surface area contributed by atoms with Crippen molar-refractivity contribution in [3.8, 4) is 5.88 Å². The zero-order chi connectivity index (χ0) is 14.2. The summed E-state index contributed by atoms with van der Waals surface area (Å²) in [6.07, 6.45) is 5.55. The van der Waals surface area contributed by atoms with Gasteiger partial charge in [-0.1, -0.05) is 26.3 Å². The van der Waals surface area contributed by atoms with E-state index < -0.39 is 0 Å². The summed E-state index contributed by atoms with van der Waals surface area (Å²) in [5.74, 6) is 1.33. The van der Waals surface area contributed by atoms with Crippen LogP contribution in [0.3, 0.4) is 0 Å². The third kappa shape index (κ3) is 2.70. The summed E-state index contributed by atoms with van der Waals surface area (Å²) in [6, 6.07) is 2.15. The van der Waals surface area contributed by atoms with E-state index in [2.05, 4.69) is 24.9 Å². The van der Waals surface area contributed by atoms with Crippen molar-refractivity contribution in [1.82, 2.24) is 4.98 Å². The summed E-state index contributed by atoms with van der Waals surface area (Å²) in [6.45, 7) is 5.72. The van der Waals surface area contributed by atoms with Gasteiger partial charge in [-0.15, -0.1) is 0 Å². The maximum absolute atomic E-state index is 5.84. The molecular formula is C15H22BNO3. The van der Waals surface area contributed by atoms with Crippen molar-refractivity contribution in [3.05, 3.63) is 17.8 Å². The van der Waals surface area contributed by atoms with E-state index >= 15 is 0 Å². The quantitative estimate of drug-likeness (QED) is 0.792. The molecule has 20 heavy (non-hydrogen) atoms. The Bertz CT molecular complexity index is 478. The molecule has 0 bridgehead atoms. The molecule has 3 rings (SSSR count). The maximum Gasteiger partial charge on any atom is 0.495 e. The Morgan fingerprint density at radius 1 is 1.30 bits per heavy atom. The van der Waals surface area contributed by atoms with Gasteiger partial charge in [-0.2, -0.15) is 0 Å².